The smallest absolute Gasteiger partial charge is 0.0443 e. The number of anilines is 1. The molecule has 0 saturated heterocycles. The van der Waals surface area contributed by atoms with Crippen molar-refractivity contribution in [1.29, 1.82) is 0 Å². The van der Waals surface area contributed by atoms with Gasteiger partial charge in [-0.3, -0.25) is 0 Å². The van der Waals surface area contributed by atoms with Crippen molar-refractivity contribution in [3.05, 3.63) is 101 Å². The minimum absolute atomic E-state index is 0.530. The van der Waals surface area contributed by atoms with Crippen LogP contribution >= 0.6 is 0 Å². The predicted molar refractivity (Wildman–Crippen MR) is 104 cm³/mol. The SMILES string of the molecule is c1ccc(C2CCN3CCC(c4ccccc4)c4cccc2c43)cc1. The van der Waals surface area contributed by atoms with E-state index in [-0.39, 0.29) is 0 Å². The second-order valence-electron chi connectivity index (χ2n) is 7.28. The molecule has 0 bridgehead atoms. The maximum absolute atomic E-state index is 2.63. The Morgan fingerprint density at radius 3 is 1.52 bits per heavy atom. The van der Waals surface area contributed by atoms with Gasteiger partial charge >= 0.3 is 0 Å². The van der Waals surface area contributed by atoms with Gasteiger partial charge in [0.15, 0.2) is 0 Å². The minimum Gasteiger partial charge on any atom is -0.371 e. The summed E-state index contributed by atoms with van der Waals surface area (Å²) in [5, 5.41) is 0. The highest BCUT2D eigenvalue weighted by atomic mass is 15.1. The number of benzene rings is 3. The van der Waals surface area contributed by atoms with Crippen molar-refractivity contribution in [2.45, 2.75) is 24.7 Å². The molecule has 1 nitrogen and oxygen atoms in total. The lowest BCUT2D eigenvalue weighted by Gasteiger charge is -2.43. The lowest BCUT2D eigenvalue weighted by Crippen LogP contribution is -2.37. The van der Waals surface area contributed by atoms with E-state index < -0.39 is 0 Å². The highest BCUT2D eigenvalue weighted by Crippen LogP contribution is 2.47. The first kappa shape index (κ1) is 14.8. The molecule has 0 amide bonds. The Kier molecular flexibility index (Phi) is 3.59. The Morgan fingerprint density at radius 1 is 0.560 bits per heavy atom. The largest absolute Gasteiger partial charge is 0.371 e. The van der Waals surface area contributed by atoms with E-state index in [2.05, 4.69) is 83.8 Å². The fourth-order valence-electron chi connectivity index (χ4n) is 4.79. The first-order valence-electron chi connectivity index (χ1n) is 9.39. The molecule has 0 aliphatic carbocycles. The van der Waals surface area contributed by atoms with Crippen LogP contribution in [0.25, 0.3) is 0 Å². The maximum atomic E-state index is 2.63. The van der Waals surface area contributed by atoms with E-state index in [1.54, 1.807) is 0 Å². The van der Waals surface area contributed by atoms with Crippen molar-refractivity contribution in [2.75, 3.05) is 18.0 Å². The summed E-state index contributed by atoms with van der Waals surface area (Å²) in [6.45, 7) is 2.34. The van der Waals surface area contributed by atoms with E-state index in [9.17, 15) is 0 Å². The monoisotopic (exact) mass is 325 g/mol. The van der Waals surface area contributed by atoms with E-state index in [0.29, 0.717) is 11.8 Å². The van der Waals surface area contributed by atoms with Crippen LogP contribution in [-0.2, 0) is 0 Å². The number of hydrogen-bond donors (Lipinski definition) is 0. The Morgan fingerprint density at radius 2 is 1.04 bits per heavy atom. The molecule has 0 spiro atoms. The van der Waals surface area contributed by atoms with Gasteiger partial charge in [-0.05, 0) is 35.1 Å². The molecule has 3 aromatic rings. The van der Waals surface area contributed by atoms with Gasteiger partial charge in [-0.25, -0.2) is 0 Å². The molecule has 0 saturated carbocycles. The fraction of sp³-hybridized carbons (Fsp3) is 0.250. The molecule has 2 heterocycles. The zero-order valence-corrected chi connectivity index (χ0v) is 14.4. The Bertz CT molecular complexity index is 799. The first-order chi connectivity index (χ1) is 12.4. The zero-order valence-electron chi connectivity index (χ0n) is 14.4. The van der Waals surface area contributed by atoms with Crippen molar-refractivity contribution >= 4 is 5.69 Å². The van der Waals surface area contributed by atoms with Gasteiger partial charge in [-0.2, -0.15) is 0 Å². The normalized spacial score (nSPS) is 21.7. The highest BCUT2D eigenvalue weighted by Gasteiger charge is 2.33. The van der Waals surface area contributed by atoms with E-state index in [0.717, 1.165) is 0 Å². The van der Waals surface area contributed by atoms with Crippen molar-refractivity contribution in [2.24, 2.45) is 0 Å². The van der Waals surface area contributed by atoms with Crippen LogP contribution < -0.4 is 4.90 Å². The van der Waals surface area contributed by atoms with Crippen LogP contribution in [0.5, 0.6) is 0 Å². The van der Waals surface area contributed by atoms with Gasteiger partial charge in [0.25, 0.3) is 0 Å². The van der Waals surface area contributed by atoms with Gasteiger partial charge in [0, 0.05) is 30.6 Å². The van der Waals surface area contributed by atoms with Crippen molar-refractivity contribution < 1.29 is 0 Å². The average Bonchev–Trinajstić information content (AvgIpc) is 2.70. The van der Waals surface area contributed by atoms with Crippen molar-refractivity contribution in [1.82, 2.24) is 0 Å². The average molecular weight is 325 g/mol. The summed E-state index contributed by atoms with van der Waals surface area (Å²) >= 11 is 0. The minimum atomic E-state index is 0.530. The van der Waals surface area contributed by atoms with Gasteiger partial charge in [0.05, 0.1) is 0 Å². The predicted octanol–water partition coefficient (Wildman–Crippen LogP) is 5.56. The molecular weight excluding hydrogens is 302 g/mol. The van der Waals surface area contributed by atoms with Crippen LogP contribution in [0.2, 0.25) is 0 Å². The second kappa shape index (κ2) is 6.07. The van der Waals surface area contributed by atoms with Crippen LogP contribution in [-0.4, -0.2) is 13.1 Å². The maximum Gasteiger partial charge on any atom is 0.0443 e. The van der Waals surface area contributed by atoms with E-state index in [1.165, 1.54) is 53.9 Å². The molecule has 0 fully saturated rings. The summed E-state index contributed by atoms with van der Waals surface area (Å²) in [7, 11) is 0. The number of nitrogens with zero attached hydrogens (tertiary/aromatic N) is 1. The third-order valence-electron chi connectivity index (χ3n) is 5.94. The Hall–Kier alpha value is -2.54. The summed E-state index contributed by atoms with van der Waals surface area (Å²) in [6.07, 6.45) is 2.44. The molecular formula is C24H23N. The molecule has 1 heteroatoms. The van der Waals surface area contributed by atoms with Gasteiger partial charge in [-0.15, -0.1) is 0 Å². The molecule has 2 unspecified atom stereocenters. The topological polar surface area (TPSA) is 3.24 Å². The van der Waals surface area contributed by atoms with Crippen molar-refractivity contribution in [3.8, 4) is 0 Å². The zero-order chi connectivity index (χ0) is 16.6. The van der Waals surface area contributed by atoms with Crippen molar-refractivity contribution in [3.63, 3.8) is 0 Å². The molecule has 2 aliphatic heterocycles. The molecule has 5 rings (SSSR count). The second-order valence-corrected chi connectivity index (χ2v) is 7.28. The van der Waals surface area contributed by atoms with E-state index in [1.807, 2.05) is 0 Å². The Labute approximate surface area is 149 Å². The van der Waals surface area contributed by atoms with Crippen LogP contribution in [0.15, 0.2) is 78.9 Å². The third-order valence-corrected chi connectivity index (χ3v) is 5.94. The molecule has 124 valence electrons. The molecule has 3 aromatic carbocycles. The Balaban J connectivity index is 1.64. The summed E-state index contributed by atoms with van der Waals surface area (Å²) in [5.41, 5.74) is 7.48. The summed E-state index contributed by atoms with van der Waals surface area (Å²) in [5.74, 6) is 1.06. The van der Waals surface area contributed by atoms with E-state index in [4.69, 9.17) is 0 Å². The van der Waals surface area contributed by atoms with Crippen LogP contribution in [0.4, 0.5) is 5.69 Å². The first-order valence-corrected chi connectivity index (χ1v) is 9.39. The standard InChI is InChI=1S/C24H23N/c1-3-8-18(9-4-1)20-14-16-25-17-15-21(19-10-5-2-6-11-19)23-13-7-12-22(20)24(23)25/h1-13,20-21H,14-17H2. The number of rotatable bonds is 2. The number of para-hydroxylation sites is 1. The van der Waals surface area contributed by atoms with Crippen LogP contribution in [0.3, 0.4) is 0 Å². The van der Waals surface area contributed by atoms with Crippen LogP contribution in [0.1, 0.15) is 46.9 Å². The van der Waals surface area contributed by atoms with Gasteiger partial charge in [-0.1, -0.05) is 78.9 Å². The van der Waals surface area contributed by atoms with Gasteiger partial charge < -0.3 is 4.90 Å². The quantitative estimate of drug-likeness (QED) is 0.596. The van der Waals surface area contributed by atoms with Crippen LogP contribution in [0, 0.1) is 0 Å². The highest BCUT2D eigenvalue weighted by molar-refractivity contribution is 5.68. The van der Waals surface area contributed by atoms with E-state index >= 15 is 0 Å². The summed E-state index contributed by atoms with van der Waals surface area (Å²) < 4.78 is 0. The molecule has 2 atom stereocenters. The van der Waals surface area contributed by atoms with Gasteiger partial charge in [0.2, 0.25) is 0 Å². The lowest BCUT2D eigenvalue weighted by atomic mass is 9.77. The third kappa shape index (κ3) is 2.46. The molecule has 2 aliphatic rings. The summed E-state index contributed by atoms with van der Waals surface area (Å²) in [4.78, 5) is 2.63. The molecule has 0 N–H and O–H groups in total. The lowest BCUT2D eigenvalue weighted by molar-refractivity contribution is 0.571. The molecule has 0 aromatic heterocycles. The molecule has 25 heavy (non-hydrogen) atoms. The fourth-order valence-corrected chi connectivity index (χ4v) is 4.79. The summed E-state index contributed by atoms with van der Waals surface area (Å²) in [6, 6.07) is 29.1. The molecule has 0 radical (unpaired) electrons. The number of hydrogen-bond acceptors (Lipinski definition) is 1. The van der Waals surface area contributed by atoms with Gasteiger partial charge in [0.1, 0.15) is 0 Å².